The maximum atomic E-state index is 11.9. The van der Waals surface area contributed by atoms with Gasteiger partial charge >= 0.3 is 0 Å². The Hall–Kier alpha value is -2.67. The van der Waals surface area contributed by atoms with E-state index >= 15 is 0 Å². The van der Waals surface area contributed by atoms with Gasteiger partial charge in [0.15, 0.2) is 0 Å². The van der Waals surface area contributed by atoms with E-state index < -0.39 is 0 Å². The molecule has 2 N–H and O–H groups in total. The first-order valence-corrected chi connectivity index (χ1v) is 11.4. The van der Waals surface area contributed by atoms with E-state index in [1.165, 1.54) is 6.08 Å². The zero-order chi connectivity index (χ0) is 23.7. The monoisotopic (exact) mass is 505 g/mol. The van der Waals surface area contributed by atoms with Gasteiger partial charge in [0.1, 0.15) is 11.5 Å². The minimum Gasteiger partial charge on any atom is -0.495 e. The van der Waals surface area contributed by atoms with Crippen LogP contribution in [0.25, 0.3) is 11.3 Å². The number of fused-ring (bicyclic) bond motifs is 1. The zero-order valence-electron chi connectivity index (χ0n) is 18.1. The number of amides is 1. The van der Waals surface area contributed by atoms with Crippen LogP contribution in [-0.2, 0) is 17.6 Å². The summed E-state index contributed by atoms with van der Waals surface area (Å²) in [6, 6.07) is 6.96. The Bertz CT molecular complexity index is 1210. The topological polar surface area (TPSA) is 76.2 Å². The quantitative estimate of drug-likeness (QED) is 0.377. The fourth-order valence-corrected chi connectivity index (χ4v) is 5.23. The summed E-state index contributed by atoms with van der Waals surface area (Å²) in [6.07, 6.45) is 3.41. The largest absolute Gasteiger partial charge is 0.495 e. The number of aromatic amines is 1. The Balaban J connectivity index is 1.72. The Labute approximate surface area is 206 Å². The first-order valence-electron chi connectivity index (χ1n) is 10.3. The molecule has 1 aliphatic rings. The molecule has 1 aromatic heterocycles. The van der Waals surface area contributed by atoms with Gasteiger partial charge in [-0.25, -0.2) is 0 Å². The molecule has 1 atom stereocenters. The second kappa shape index (κ2) is 9.67. The minimum absolute atomic E-state index is 0.0501. The molecule has 0 saturated heterocycles. The summed E-state index contributed by atoms with van der Waals surface area (Å²) < 4.78 is 10.9. The van der Waals surface area contributed by atoms with E-state index in [0.29, 0.717) is 38.7 Å². The number of methoxy groups -OCH3 is 2. The van der Waals surface area contributed by atoms with Crippen molar-refractivity contribution in [2.24, 2.45) is 0 Å². The standard InChI is InChI=1S/C24H22Cl3N3O3/c1-4-20(31)28-16-8-6-13(25)10-15(16)24-14-7-5-12(9-17(14)29-30-24)21-22(26)18(32-2)11-19(33-3)23(21)27/h4,6,8,10-12H,1,5,7,9H2,2-3H3,(H,28,31)(H,29,30). The first-order chi connectivity index (χ1) is 15.9. The van der Waals surface area contributed by atoms with Crippen LogP contribution in [0.4, 0.5) is 5.69 Å². The average Bonchev–Trinajstić information content (AvgIpc) is 3.23. The van der Waals surface area contributed by atoms with Crippen LogP contribution in [0.2, 0.25) is 15.1 Å². The Morgan fingerprint density at radius 1 is 1.18 bits per heavy atom. The fourth-order valence-electron chi connectivity index (χ4n) is 4.24. The average molecular weight is 507 g/mol. The molecule has 0 aliphatic heterocycles. The zero-order valence-corrected chi connectivity index (χ0v) is 20.4. The minimum atomic E-state index is -0.306. The maximum absolute atomic E-state index is 11.9. The number of anilines is 1. The lowest BCUT2D eigenvalue weighted by atomic mass is 9.81. The third-order valence-electron chi connectivity index (χ3n) is 5.84. The number of nitrogens with zero attached hydrogens (tertiary/aromatic N) is 1. The number of benzene rings is 2. The van der Waals surface area contributed by atoms with Crippen molar-refractivity contribution in [3.8, 4) is 22.8 Å². The van der Waals surface area contributed by atoms with Gasteiger partial charge in [-0.1, -0.05) is 41.4 Å². The highest BCUT2D eigenvalue weighted by atomic mass is 35.5. The molecule has 9 heteroatoms. The fraction of sp³-hybridized carbons (Fsp3) is 0.250. The number of hydrogen-bond donors (Lipinski definition) is 2. The summed E-state index contributed by atoms with van der Waals surface area (Å²) in [5.74, 6) is 0.782. The number of halogens is 3. The molecular weight excluding hydrogens is 485 g/mol. The lowest BCUT2D eigenvalue weighted by Gasteiger charge is -2.26. The van der Waals surface area contributed by atoms with Crippen LogP contribution in [-0.4, -0.2) is 30.3 Å². The van der Waals surface area contributed by atoms with Crippen LogP contribution in [0.15, 0.2) is 36.9 Å². The normalized spacial score (nSPS) is 15.0. The second-order valence-corrected chi connectivity index (χ2v) is 8.87. The SMILES string of the molecule is C=CC(=O)Nc1ccc(Cl)cc1-c1n[nH]c2c1CCC(c1c(Cl)c(OC)cc(OC)c1Cl)C2. The molecule has 1 heterocycles. The van der Waals surface area contributed by atoms with Gasteiger partial charge in [-0.15, -0.1) is 0 Å². The van der Waals surface area contributed by atoms with Crippen LogP contribution in [0.3, 0.4) is 0 Å². The number of nitrogens with one attached hydrogen (secondary N) is 2. The highest BCUT2D eigenvalue weighted by molar-refractivity contribution is 6.38. The third kappa shape index (κ3) is 4.43. The molecule has 0 saturated carbocycles. The van der Waals surface area contributed by atoms with Crippen molar-refractivity contribution < 1.29 is 14.3 Å². The van der Waals surface area contributed by atoms with Crippen LogP contribution in [0.5, 0.6) is 11.5 Å². The van der Waals surface area contributed by atoms with Gasteiger partial charge in [-0.3, -0.25) is 9.89 Å². The van der Waals surface area contributed by atoms with Crippen molar-refractivity contribution in [2.75, 3.05) is 19.5 Å². The van der Waals surface area contributed by atoms with E-state index in [9.17, 15) is 4.79 Å². The van der Waals surface area contributed by atoms with Gasteiger partial charge < -0.3 is 14.8 Å². The summed E-state index contributed by atoms with van der Waals surface area (Å²) in [4.78, 5) is 11.9. The van der Waals surface area contributed by atoms with Gasteiger partial charge in [0.05, 0.1) is 35.6 Å². The predicted octanol–water partition coefficient (Wildman–Crippen LogP) is 6.45. The third-order valence-corrected chi connectivity index (χ3v) is 6.86. The maximum Gasteiger partial charge on any atom is 0.247 e. The van der Waals surface area contributed by atoms with Gasteiger partial charge in [-0.2, -0.15) is 5.10 Å². The number of ether oxygens (including phenoxy) is 2. The van der Waals surface area contributed by atoms with Crippen LogP contribution in [0, 0.1) is 0 Å². The molecule has 6 nitrogen and oxygen atoms in total. The van der Waals surface area contributed by atoms with Crippen LogP contribution >= 0.6 is 34.8 Å². The number of H-pyrrole nitrogens is 1. The lowest BCUT2D eigenvalue weighted by molar-refractivity contribution is -0.111. The molecule has 1 amide bonds. The van der Waals surface area contributed by atoms with Crippen molar-refractivity contribution in [3.63, 3.8) is 0 Å². The first kappa shape index (κ1) is 23.5. The van der Waals surface area contributed by atoms with Crippen molar-refractivity contribution in [1.82, 2.24) is 10.2 Å². The van der Waals surface area contributed by atoms with E-state index in [4.69, 9.17) is 44.3 Å². The molecule has 1 aliphatic carbocycles. The highest BCUT2D eigenvalue weighted by Crippen LogP contribution is 2.48. The number of aromatic nitrogens is 2. The van der Waals surface area contributed by atoms with Crippen LogP contribution < -0.4 is 14.8 Å². The molecular formula is C24H22Cl3N3O3. The number of hydrogen-bond acceptors (Lipinski definition) is 4. The summed E-state index contributed by atoms with van der Waals surface area (Å²) in [5.41, 5.74) is 4.97. The van der Waals surface area contributed by atoms with Gasteiger partial charge in [0, 0.05) is 33.5 Å². The Morgan fingerprint density at radius 2 is 1.88 bits per heavy atom. The molecule has 3 aromatic rings. The second-order valence-electron chi connectivity index (χ2n) is 7.68. The van der Waals surface area contributed by atoms with E-state index in [0.717, 1.165) is 40.9 Å². The predicted molar refractivity (Wildman–Crippen MR) is 132 cm³/mol. The Morgan fingerprint density at radius 3 is 2.52 bits per heavy atom. The number of carbonyl (C=O) groups excluding carboxylic acids is 1. The van der Waals surface area contributed by atoms with Crippen molar-refractivity contribution in [3.05, 3.63) is 68.8 Å². The van der Waals surface area contributed by atoms with E-state index in [1.54, 1.807) is 38.5 Å². The van der Waals surface area contributed by atoms with Crippen LogP contribution in [0.1, 0.15) is 29.2 Å². The molecule has 0 fully saturated rings. The summed E-state index contributed by atoms with van der Waals surface area (Å²) in [7, 11) is 3.12. The smallest absolute Gasteiger partial charge is 0.247 e. The molecule has 0 bridgehead atoms. The van der Waals surface area contributed by atoms with E-state index in [1.807, 2.05) is 0 Å². The van der Waals surface area contributed by atoms with E-state index in [-0.39, 0.29) is 11.8 Å². The van der Waals surface area contributed by atoms with E-state index in [2.05, 4.69) is 22.1 Å². The molecule has 33 heavy (non-hydrogen) atoms. The van der Waals surface area contributed by atoms with Gasteiger partial charge in [-0.05, 0) is 49.5 Å². The van der Waals surface area contributed by atoms with Gasteiger partial charge in [0.25, 0.3) is 0 Å². The summed E-state index contributed by atoms with van der Waals surface area (Å²) in [6.45, 7) is 3.51. The summed E-state index contributed by atoms with van der Waals surface area (Å²) >= 11 is 19.6. The molecule has 0 spiro atoms. The van der Waals surface area contributed by atoms with Crippen molar-refractivity contribution in [1.29, 1.82) is 0 Å². The Kier molecular flexibility index (Phi) is 6.88. The van der Waals surface area contributed by atoms with Crippen molar-refractivity contribution in [2.45, 2.75) is 25.2 Å². The molecule has 4 rings (SSSR count). The lowest BCUT2D eigenvalue weighted by Crippen LogP contribution is -2.14. The van der Waals surface area contributed by atoms with Gasteiger partial charge in [0.2, 0.25) is 5.91 Å². The highest BCUT2D eigenvalue weighted by Gasteiger charge is 2.31. The molecule has 0 radical (unpaired) electrons. The number of carbonyl (C=O) groups is 1. The molecule has 2 aromatic carbocycles. The number of rotatable bonds is 6. The molecule has 1 unspecified atom stereocenters. The summed E-state index contributed by atoms with van der Waals surface area (Å²) in [5, 5.41) is 12.1. The molecule has 172 valence electrons. The van der Waals surface area contributed by atoms with Crippen molar-refractivity contribution >= 4 is 46.4 Å².